The Morgan fingerprint density at radius 2 is 1.32 bits per heavy atom. The number of aliphatic hydroxyl groups is 1. The zero-order valence-electron chi connectivity index (χ0n) is 36.4. The van der Waals surface area contributed by atoms with Crippen molar-refractivity contribution in [2.24, 2.45) is 0 Å². The zero-order chi connectivity index (χ0) is 42.2. The molecule has 4 heteroatoms. The van der Waals surface area contributed by atoms with Gasteiger partial charge in [-0.1, -0.05) is 102 Å². The van der Waals surface area contributed by atoms with Crippen LogP contribution in [0.15, 0.2) is 79.4 Å². The molecule has 59 heavy (non-hydrogen) atoms. The third-order valence-electron chi connectivity index (χ3n) is 13.8. The molecule has 288 valence electrons. The maximum Gasteiger partial charge on any atom is 0.167 e. The summed E-state index contributed by atoms with van der Waals surface area (Å²) in [5, 5.41) is 18.1. The molecule has 0 spiro atoms. The molecule has 0 aliphatic heterocycles. The highest BCUT2D eigenvalue weighted by atomic mass is 16.3. The first-order valence-corrected chi connectivity index (χ1v) is 21.3. The van der Waals surface area contributed by atoms with Crippen LogP contribution in [-0.4, -0.2) is 28.6 Å². The summed E-state index contributed by atoms with van der Waals surface area (Å²) < 4.78 is 0. The first-order valence-electron chi connectivity index (χ1n) is 21.3. The molecule has 0 heterocycles. The second kappa shape index (κ2) is 15.4. The van der Waals surface area contributed by atoms with E-state index in [-0.39, 0.29) is 5.66 Å². The van der Waals surface area contributed by atoms with E-state index in [2.05, 4.69) is 136 Å². The van der Waals surface area contributed by atoms with Crippen molar-refractivity contribution >= 4 is 78.4 Å². The van der Waals surface area contributed by atoms with Gasteiger partial charge in [-0.2, -0.15) is 0 Å². The van der Waals surface area contributed by atoms with E-state index in [4.69, 9.17) is 23.5 Å². The van der Waals surface area contributed by atoms with Crippen molar-refractivity contribution in [1.29, 1.82) is 0 Å². The van der Waals surface area contributed by atoms with E-state index in [1.165, 1.54) is 49.9 Å². The van der Waals surface area contributed by atoms with E-state index < -0.39 is 0 Å². The Morgan fingerprint density at radius 3 is 1.95 bits per heavy atom. The second-order valence-electron chi connectivity index (χ2n) is 17.2. The Balaban J connectivity index is 1.62. The van der Waals surface area contributed by atoms with Crippen molar-refractivity contribution in [2.75, 3.05) is 0 Å². The normalized spacial score (nSPS) is 15.3. The van der Waals surface area contributed by atoms with Gasteiger partial charge in [0.05, 0.1) is 0 Å². The smallest absolute Gasteiger partial charge is 0.167 e. The van der Waals surface area contributed by atoms with Crippen LogP contribution < -0.4 is 21.4 Å². The number of hydrogen-bond donors (Lipinski definition) is 1. The van der Waals surface area contributed by atoms with Gasteiger partial charge in [0.25, 0.3) is 0 Å². The van der Waals surface area contributed by atoms with Crippen molar-refractivity contribution in [3.05, 3.63) is 151 Å². The zero-order valence-corrected chi connectivity index (χ0v) is 36.4. The fourth-order valence-corrected chi connectivity index (χ4v) is 10.2. The molecule has 0 amide bonds. The number of rotatable bonds is 7. The Kier molecular flexibility index (Phi) is 10.6. The highest BCUT2D eigenvalue weighted by Gasteiger charge is 2.31. The van der Waals surface area contributed by atoms with Crippen LogP contribution in [0.2, 0.25) is 0 Å². The lowest BCUT2D eigenvalue weighted by Gasteiger charge is -2.27. The summed E-state index contributed by atoms with van der Waals surface area (Å²) in [6.07, 6.45) is 11.9. The van der Waals surface area contributed by atoms with Crippen LogP contribution in [0.1, 0.15) is 107 Å². The van der Waals surface area contributed by atoms with Gasteiger partial charge in [0.2, 0.25) is 0 Å². The van der Waals surface area contributed by atoms with Gasteiger partial charge in [0.15, 0.2) is 7.85 Å². The van der Waals surface area contributed by atoms with Gasteiger partial charge in [-0.3, -0.25) is 0 Å². The monoisotopic (exact) mass is 762 g/mol. The number of fused-ring (bicyclic) bond motifs is 2. The van der Waals surface area contributed by atoms with E-state index in [0.717, 1.165) is 120 Å². The molecular weight excluding hydrogens is 709 g/mol. The van der Waals surface area contributed by atoms with Crippen LogP contribution in [0.3, 0.4) is 0 Å². The summed E-state index contributed by atoms with van der Waals surface area (Å²) in [5.74, 6) is 0.481. The van der Waals surface area contributed by atoms with E-state index in [1.54, 1.807) is 0 Å². The minimum absolute atomic E-state index is 0.237. The Labute approximate surface area is 355 Å². The molecule has 1 N–H and O–H groups in total. The van der Waals surface area contributed by atoms with Gasteiger partial charge >= 0.3 is 0 Å². The molecule has 1 nitrogen and oxygen atoms in total. The molecule has 1 fully saturated rings. The quantitative estimate of drug-likeness (QED) is 0.161. The van der Waals surface area contributed by atoms with Crippen LogP contribution >= 0.6 is 0 Å². The van der Waals surface area contributed by atoms with Gasteiger partial charge in [0, 0.05) is 16.4 Å². The molecule has 6 aromatic rings. The molecule has 0 saturated heterocycles. The SMILES string of the molecule is [B]/C(O)=c1\c(-c2c(C)c(C)cc3c(C4CC4)c(C)c([B])c(C)c23)c2c(C)c([B])c(C)c(C)c2c(-c2ccc(CC)c(C3=CCCC=C3c3ccccc3)c2)\c1=C(/C)C=C. The average Bonchev–Trinajstić information content (AvgIpc) is 4.09. The van der Waals surface area contributed by atoms with Crippen molar-refractivity contribution in [1.82, 2.24) is 0 Å². The van der Waals surface area contributed by atoms with Crippen molar-refractivity contribution in [3.63, 3.8) is 0 Å². The molecule has 0 atom stereocenters. The first-order chi connectivity index (χ1) is 28.2. The Morgan fingerprint density at radius 1 is 0.695 bits per heavy atom. The van der Waals surface area contributed by atoms with Crippen LogP contribution in [0, 0.1) is 48.5 Å². The fourth-order valence-electron chi connectivity index (χ4n) is 10.2. The number of aliphatic hydroxyl groups excluding tert-OH is 1. The summed E-state index contributed by atoms with van der Waals surface area (Å²) in [7, 11) is 21.1. The van der Waals surface area contributed by atoms with Crippen LogP contribution in [0.4, 0.5) is 0 Å². The maximum atomic E-state index is 12.1. The molecule has 8 rings (SSSR count). The summed E-state index contributed by atoms with van der Waals surface area (Å²) in [6.45, 7) is 23.8. The third kappa shape index (κ3) is 6.41. The third-order valence-corrected chi connectivity index (χ3v) is 13.8. The predicted octanol–water partition coefficient (Wildman–Crippen LogP) is 10.9. The highest BCUT2D eigenvalue weighted by Crippen LogP contribution is 2.49. The highest BCUT2D eigenvalue weighted by molar-refractivity contribution is 6.39. The van der Waals surface area contributed by atoms with Gasteiger partial charge in [-0.15, -0.1) is 0 Å². The summed E-state index contributed by atoms with van der Waals surface area (Å²) >= 11 is 0. The minimum Gasteiger partial charge on any atom is -0.523 e. The van der Waals surface area contributed by atoms with E-state index in [0.29, 0.717) is 11.1 Å². The summed E-state index contributed by atoms with van der Waals surface area (Å²) in [4.78, 5) is 0. The molecular formula is C55H53B3O. The fraction of sp³-hybridized carbons (Fsp3) is 0.273. The van der Waals surface area contributed by atoms with Crippen molar-refractivity contribution < 1.29 is 5.11 Å². The first kappa shape index (κ1) is 40.6. The van der Waals surface area contributed by atoms with Gasteiger partial charge < -0.3 is 5.11 Å². The molecule has 1 saturated carbocycles. The van der Waals surface area contributed by atoms with Crippen molar-refractivity contribution in [3.8, 4) is 22.3 Å². The lowest BCUT2D eigenvalue weighted by molar-refractivity contribution is 0.525. The van der Waals surface area contributed by atoms with E-state index in [1.807, 2.05) is 6.08 Å². The average molecular weight is 762 g/mol. The lowest BCUT2D eigenvalue weighted by Crippen LogP contribution is -2.35. The lowest BCUT2D eigenvalue weighted by atomic mass is 9.72. The van der Waals surface area contributed by atoms with E-state index >= 15 is 0 Å². The number of hydrogen-bond acceptors (Lipinski definition) is 1. The van der Waals surface area contributed by atoms with E-state index in [9.17, 15) is 5.11 Å². The molecule has 0 bridgehead atoms. The number of aryl methyl sites for hydroxylation is 5. The molecule has 2 aliphatic rings. The number of benzene rings is 6. The van der Waals surface area contributed by atoms with Gasteiger partial charge in [-0.25, -0.2) is 0 Å². The number of allylic oxidation sites excluding steroid dienone is 5. The minimum atomic E-state index is -0.237. The summed E-state index contributed by atoms with van der Waals surface area (Å²) in [5.41, 5.74) is 21.5. The Hall–Kier alpha value is -5.21. The second-order valence-corrected chi connectivity index (χ2v) is 17.2. The Bertz CT molecular complexity index is 2990. The topological polar surface area (TPSA) is 20.2 Å². The van der Waals surface area contributed by atoms with Crippen molar-refractivity contribution in [2.45, 2.75) is 100 Å². The molecule has 0 aromatic heterocycles. The molecule has 2 aliphatic carbocycles. The standard InChI is InChI=1S/C55H53B3O/c1-11-28(3)44-50(39-25-22-36(12-2)42(27-39)41-21-17-16-20-40(41)37-18-14-13-15-19-37)48-31(6)32(7)53(56)35(10)49(48)51(52(44)55(58)59)47-30(5)29(4)26-43-45(38-23-24-38)33(8)54(57)34(9)46(43)47/h11,13-15,18-22,25-27,38,59H,1,12,16-17,23-24H2,2-10H3/b44-28-,55-52+. The molecule has 0 unspecified atom stereocenters. The molecule has 6 radical (unpaired) electrons. The van der Waals surface area contributed by atoms with Gasteiger partial charge in [-0.05, 0) is 210 Å². The summed E-state index contributed by atoms with van der Waals surface area (Å²) in [6, 6.07) is 20.0. The van der Waals surface area contributed by atoms with Crippen LogP contribution in [-0.2, 0) is 6.42 Å². The molecule has 6 aromatic carbocycles. The van der Waals surface area contributed by atoms with Crippen LogP contribution in [0.25, 0.3) is 66.2 Å². The van der Waals surface area contributed by atoms with Crippen LogP contribution in [0.5, 0.6) is 0 Å². The largest absolute Gasteiger partial charge is 0.523 e. The predicted molar refractivity (Wildman–Crippen MR) is 260 cm³/mol. The van der Waals surface area contributed by atoms with Gasteiger partial charge in [0.1, 0.15) is 15.7 Å². The maximum absolute atomic E-state index is 12.1.